The maximum atomic E-state index is 13.7. The number of alkyl carbamates (subject to hydrolysis) is 1. The minimum atomic E-state index is -0.586. The van der Waals surface area contributed by atoms with Crippen LogP contribution in [0.3, 0.4) is 0 Å². The molecule has 44 heavy (non-hydrogen) atoms. The highest BCUT2D eigenvalue weighted by Crippen LogP contribution is 2.30. The van der Waals surface area contributed by atoms with E-state index in [-0.39, 0.29) is 29.2 Å². The van der Waals surface area contributed by atoms with Crippen molar-refractivity contribution in [1.29, 1.82) is 0 Å². The van der Waals surface area contributed by atoms with Crippen LogP contribution in [-0.2, 0) is 9.53 Å². The van der Waals surface area contributed by atoms with Crippen LogP contribution >= 0.6 is 23.2 Å². The highest BCUT2D eigenvalue weighted by Gasteiger charge is 2.22. The van der Waals surface area contributed by atoms with Crippen LogP contribution in [0.15, 0.2) is 65.8 Å². The summed E-state index contributed by atoms with van der Waals surface area (Å²) in [5, 5.41) is 17.5. The highest BCUT2D eigenvalue weighted by molar-refractivity contribution is 6.31. The van der Waals surface area contributed by atoms with Crippen molar-refractivity contribution in [2.24, 2.45) is 0 Å². The molecule has 3 N–H and O–H groups in total. The number of halogens is 2. The molecule has 2 aromatic heterocycles. The van der Waals surface area contributed by atoms with Gasteiger partial charge in [0.25, 0.3) is 5.56 Å². The topological polar surface area (TPSA) is 145 Å². The van der Waals surface area contributed by atoms with Gasteiger partial charge < -0.3 is 20.7 Å². The Balaban J connectivity index is 1.46. The van der Waals surface area contributed by atoms with E-state index in [2.05, 4.69) is 36.0 Å². The van der Waals surface area contributed by atoms with Gasteiger partial charge in [-0.05, 0) is 55.2 Å². The zero-order valence-electron chi connectivity index (χ0n) is 24.0. The molecule has 14 heteroatoms. The maximum Gasteiger partial charge on any atom is 0.406 e. The van der Waals surface area contributed by atoms with Gasteiger partial charge in [0.1, 0.15) is 6.04 Å². The number of nitrogens with one attached hydrogen (secondary N) is 3. The fraction of sp³-hybridized carbons (Fsp3) is 0.333. The number of amides is 2. The molecule has 3 heterocycles. The van der Waals surface area contributed by atoms with Crippen LogP contribution in [0.2, 0.25) is 10.2 Å². The van der Waals surface area contributed by atoms with Crippen LogP contribution in [0.5, 0.6) is 0 Å². The second kappa shape index (κ2) is 14.4. The van der Waals surface area contributed by atoms with E-state index in [9.17, 15) is 14.4 Å². The van der Waals surface area contributed by atoms with Crippen molar-refractivity contribution in [2.45, 2.75) is 44.2 Å². The van der Waals surface area contributed by atoms with Gasteiger partial charge in [0.2, 0.25) is 5.91 Å². The largest absolute Gasteiger partial charge is 0.453 e. The third kappa shape index (κ3) is 7.56. The molecule has 2 atom stereocenters. The Morgan fingerprint density at radius 3 is 2.75 bits per heavy atom. The first-order valence-electron chi connectivity index (χ1n) is 14.2. The first kappa shape index (κ1) is 31.0. The van der Waals surface area contributed by atoms with Crippen molar-refractivity contribution in [3.05, 3.63) is 87.1 Å². The van der Waals surface area contributed by atoms with Crippen LogP contribution in [0.25, 0.3) is 16.9 Å². The average molecular weight is 640 g/mol. The second-order valence-corrected chi connectivity index (χ2v) is 11.2. The van der Waals surface area contributed by atoms with E-state index in [0.717, 1.165) is 30.5 Å². The van der Waals surface area contributed by atoms with Gasteiger partial charge >= 0.3 is 6.09 Å². The smallest absolute Gasteiger partial charge is 0.406 e. The Labute approximate surface area is 263 Å². The molecular weight excluding hydrogens is 607 g/mol. The van der Waals surface area contributed by atoms with Crippen LogP contribution in [0.1, 0.15) is 43.7 Å². The Morgan fingerprint density at radius 2 is 1.98 bits per heavy atom. The predicted molar refractivity (Wildman–Crippen MR) is 167 cm³/mol. The summed E-state index contributed by atoms with van der Waals surface area (Å²) in [7, 11) is 1.29. The zero-order valence-corrected chi connectivity index (χ0v) is 25.5. The number of carbonyl (C=O) groups is 2. The lowest BCUT2D eigenvalue weighted by molar-refractivity contribution is -0.121. The third-order valence-corrected chi connectivity index (χ3v) is 7.80. The van der Waals surface area contributed by atoms with Crippen molar-refractivity contribution in [3.63, 3.8) is 0 Å². The quantitative estimate of drug-likeness (QED) is 0.278. The summed E-state index contributed by atoms with van der Waals surface area (Å²) in [5.41, 5.74) is 3.06. The SMILES string of the molecule is COC(=O)NCC[C@H]1Nc2cccc(c2)C(n2cnc(-c3cc(Cl)ccc3-n3cc(Cl)nn3)cc2=O)CCCCCNC1=O. The fourth-order valence-electron chi connectivity index (χ4n) is 5.20. The van der Waals surface area contributed by atoms with Gasteiger partial charge in [-0.2, -0.15) is 0 Å². The van der Waals surface area contributed by atoms with Crippen molar-refractivity contribution in [2.75, 3.05) is 25.5 Å². The lowest BCUT2D eigenvalue weighted by atomic mass is 9.99. The third-order valence-electron chi connectivity index (χ3n) is 7.39. The number of benzene rings is 2. The van der Waals surface area contributed by atoms with Gasteiger partial charge in [0, 0.05) is 35.4 Å². The maximum absolute atomic E-state index is 13.7. The van der Waals surface area contributed by atoms with E-state index in [4.69, 9.17) is 23.2 Å². The number of nitrogens with zero attached hydrogens (tertiary/aromatic N) is 5. The molecule has 1 aliphatic rings. The average Bonchev–Trinajstić information content (AvgIpc) is 3.46. The lowest BCUT2D eigenvalue weighted by Gasteiger charge is -2.22. The number of methoxy groups -OCH3 is 1. The molecule has 0 saturated heterocycles. The van der Waals surface area contributed by atoms with E-state index in [1.165, 1.54) is 17.9 Å². The molecule has 2 bridgehead atoms. The second-order valence-electron chi connectivity index (χ2n) is 10.4. The molecular formula is C30H32Cl2N8O4. The Bertz CT molecular complexity index is 1690. The molecule has 2 amide bonds. The van der Waals surface area contributed by atoms with E-state index in [0.29, 0.717) is 41.4 Å². The predicted octanol–water partition coefficient (Wildman–Crippen LogP) is 4.60. The number of anilines is 1. The van der Waals surface area contributed by atoms with E-state index in [1.807, 2.05) is 24.3 Å². The molecule has 0 aliphatic carbocycles. The Hall–Kier alpha value is -4.42. The van der Waals surface area contributed by atoms with Crippen molar-refractivity contribution >= 4 is 40.9 Å². The first-order chi connectivity index (χ1) is 21.3. The summed E-state index contributed by atoms with van der Waals surface area (Å²) in [6.07, 6.45) is 6.11. The number of ether oxygens (including phenoxy) is 1. The number of hydrogen-bond donors (Lipinski definition) is 3. The summed E-state index contributed by atoms with van der Waals surface area (Å²) in [6, 6.07) is 13.5. The summed E-state index contributed by atoms with van der Waals surface area (Å²) in [4.78, 5) is 42.9. The summed E-state index contributed by atoms with van der Waals surface area (Å²) >= 11 is 12.3. The van der Waals surface area contributed by atoms with Gasteiger partial charge in [-0.1, -0.05) is 53.4 Å². The van der Waals surface area contributed by atoms with Gasteiger partial charge in [-0.15, -0.1) is 5.10 Å². The fourth-order valence-corrected chi connectivity index (χ4v) is 5.50. The minimum absolute atomic E-state index is 0.151. The van der Waals surface area contributed by atoms with Crippen molar-refractivity contribution < 1.29 is 14.3 Å². The summed E-state index contributed by atoms with van der Waals surface area (Å²) in [6.45, 7) is 0.782. The molecule has 5 rings (SSSR count). The van der Waals surface area contributed by atoms with Crippen LogP contribution in [0.4, 0.5) is 10.5 Å². The minimum Gasteiger partial charge on any atom is -0.453 e. The molecule has 0 spiro atoms. The zero-order chi connectivity index (χ0) is 31.1. The highest BCUT2D eigenvalue weighted by atomic mass is 35.5. The molecule has 0 saturated carbocycles. The standard InChI is InChI=1S/C30H32Cl2N8O4/c1-44-30(43)34-13-11-23-29(42)33-12-4-2-3-8-25(19-6-5-7-21(14-19)36-23)39-18-35-24(16-28(39)41)22-15-20(31)9-10-26(22)40-17-27(32)37-38-40/h5-7,9-10,14-18,23,25,36H,2-4,8,11-13H2,1H3,(H,33,42)(H,34,43)/t23-,25?/m1/s1. The van der Waals surface area contributed by atoms with Crippen LogP contribution in [-0.4, -0.2) is 62.8 Å². The summed E-state index contributed by atoms with van der Waals surface area (Å²) in [5.74, 6) is -0.151. The van der Waals surface area contributed by atoms with Gasteiger partial charge in [0.05, 0.1) is 37.1 Å². The molecule has 4 aromatic rings. The lowest BCUT2D eigenvalue weighted by Crippen LogP contribution is -2.42. The normalized spacial score (nSPS) is 17.3. The van der Waals surface area contributed by atoms with E-state index in [1.54, 1.807) is 35.3 Å². The van der Waals surface area contributed by atoms with Crippen molar-refractivity contribution in [1.82, 2.24) is 35.2 Å². The Morgan fingerprint density at radius 1 is 1.11 bits per heavy atom. The molecule has 0 fully saturated rings. The van der Waals surface area contributed by atoms with Crippen LogP contribution in [0, 0.1) is 0 Å². The molecule has 230 valence electrons. The van der Waals surface area contributed by atoms with E-state index < -0.39 is 12.1 Å². The van der Waals surface area contributed by atoms with Crippen LogP contribution < -0.4 is 21.5 Å². The monoisotopic (exact) mass is 638 g/mol. The number of hydrogen-bond acceptors (Lipinski definition) is 8. The van der Waals surface area contributed by atoms with E-state index >= 15 is 0 Å². The van der Waals surface area contributed by atoms with Crippen molar-refractivity contribution in [3.8, 4) is 16.9 Å². The summed E-state index contributed by atoms with van der Waals surface area (Å²) < 4.78 is 7.78. The molecule has 1 unspecified atom stereocenters. The molecule has 2 aromatic carbocycles. The van der Waals surface area contributed by atoms with Gasteiger partial charge in [-0.3, -0.25) is 14.2 Å². The molecule has 12 nitrogen and oxygen atoms in total. The number of carbonyl (C=O) groups excluding carboxylic acids is 2. The van der Waals surface area contributed by atoms with Gasteiger partial charge in [0.15, 0.2) is 5.15 Å². The Kier molecular flexibility index (Phi) is 10.1. The number of rotatable bonds is 6. The first-order valence-corrected chi connectivity index (χ1v) is 15.0. The molecule has 0 radical (unpaired) electrons. The molecule has 1 aliphatic heterocycles. The number of aromatic nitrogens is 5. The van der Waals surface area contributed by atoms with Gasteiger partial charge in [-0.25, -0.2) is 14.5 Å². The number of fused-ring (bicyclic) bond motifs is 2.